The second-order valence-electron chi connectivity index (χ2n) is 13.4. The van der Waals surface area contributed by atoms with Crippen LogP contribution in [0.25, 0.3) is 33.6 Å². The second-order valence-corrected chi connectivity index (χ2v) is 13.4. The first-order valence-corrected chi connectivity index (χ1v) is 17.4. The number of aromatic amines is 2. The van der Waals surface area contributed by atoms with Crippen LogP contribution in [-0.2, 0) is 14.4 Å². The Bertz CT molecular complexity index is 2070. The van der Waals surface area contributed by atoms with Crippen LogP contribution in [-0.4, -0.2) is 90.7 Å². The second kappa shape index (κ2) is 14.5. The molecular weight excluding hydrogens is 660 g/mol. The summed E-state index contributed by atoms with van der Waals surface area (Å²) >= 11 is 0. The van der Waals surface area contributed by atoms with Crippen molar-refractivity contribution in [3.63, 3.8) is 0 Å². The number of carboxylic acid groups (broad SMARTS) is 1. The first-order chi connectivity index (χ1) is 25.2. The lowest BCUT2D eigenvalue weighted by atomic mass is 10.0. The van der Waals surface area contributed by atoms with Gasteiger partial charge in [0, 0.05) is 27.2 Å². The number of H-pyrrole nitrogens is 2. The molecule has 4 N–H and O–H groups in total. The van der Waals surface area contributed by atoms with Gasteiger partial charge in [0.1, 0.15) is 17.7 Å². The van der Waals surface area contributed by atoms with Crippen molar-refractivity contribution in [1.82, 2.24) is 40.0 Å². The van der Waals surface area contributed by atoms with Gasteiger partial charge in [0.25, 0.3) is 5.91 Å². The maximum Gasteiger partial charge on any atom is 0.405 e. The highest BCUT2D eigenvalue weighted by molar-refractivity contribution is 6.34. The van der Waals surface area contributed by atoms with Crippen LogP contribution in [0.5, 0.6) is 0 Å². The van der Waals surface area contributed by atoms with Gasteiger partial charge in [-0.3, -0.25) is 14.4 Å². The molecule has 2 aromatic heterocycles. The molecule has 5 aromatic rings. The van der Waals surface area contributed by atoms with Gasteiger partial charge in [-0.15, -0.1) is 0 Å². The summed E-state index contributed by atoms with van der Waals surface area (Å²) in [5.41, 5.74) is 6.23. The molecule has 0 spiro atoms. The predicted octanol–water partition coefficient (Wildman–Crippen LogP) is 5.56. The lowest BCUT2D eigenvalue weighted by molar-refractivity contribution is -0.151. The quantitative estimate of drug-likeness (QED) is 0.154. The summed E-state index contributed by atoms with van der Waals surface area (Å²) in [6, 6.07) is 23.6. The minimum absolute atomic E-state index is 0.262. The molecule has 2 aliphatic heterocycles. The number of carbonyl (C=O) groups is 4. The van der Waals surface area contributed by atoms with E-state index in [-0.39, 0.29) is 18.0 Å². The van der Waals surface area contributed by atoms with Crippen molar-refractivity contribution in [2.45, 2.75) is 43.8 Å². The van der Waals surface area contributed by atoms with E-state index in [2.05, 4.69) is 25.3 Å². The smallest absolute Gasteiger partial charge is 0.405 e. The molecular formula is C39H40N8O5. The number of hydrogen-bond donors (Lipinski definition) is 4. The maximum atomic E-state index is 13.7. The Morgan fingerprint density at radius 1 is 0.731 bits per heavy atom. The van der Waals surface area contributed by atoms with Crippen molar-refractivity contribution in [3.8, 4) is 33.6 Å². The summed E-state index contributed by atoms with van der Waals surface area (Å²) in [6.07, 6.45) is 5.34. The number of aromatic nitrogens is 4. The molecule has 0 saturated carbocycles. The van der Waals surface area contributed by atoms with Crippen LogP contribution in [0.1, 0.15) is 61.0 Å². The fraction of sp³-hybridized carbons (Fsp3) is 0.282. The minimum atomic E-state index is -1.26. The Kier molecular flexibility index (Phi) is 9.57. The third kappa shape index (κ3) is 6.89. The monoisotopic (exact) mass is 700 g/mol. The Hall–Kier alpha value is -6.24. The topological polar surface area (TPSA) is 168 Å². The number of imidazole rings is 2. The van der Waals surface area contributed by atoms with E-state index in [0.717, 1.165) is 59.3 Å². The largest absolute Gasteiger partial charge is 0.465 e. The van der Waals surface area contributed by atoms with Crippen molar-refractivity contribution >= 4 is 23.8 Å². The SMILES string of the molecule is CN(C)C(=O)C(=O)N1CCC[C@H]1c1ncc(-c2ccc(-c3ccc(-c4cnc([C@@H]5CCCN5C(=O)[C@H](NC(=O)O)c5ccccc5)[nH]4)cc3)cc2)[nH]1. The van der Waals surface area contributed by atoms with E-state index in [1.54, 1.807) is 60.6 Å². The third-order valence-electron chi connectivity index (χ3n) is 9.83. The highest BCUT2D eigenvalue weighted by Gasteiger charge is 2.37. The Balaban J connectivity index is 1.02. The first-order valence-electron chi connectivity index (χ1n) is 17.4. The van der Waals surface area contributed by atoms with Gasteiger partial charge < -0.3 is 35.1 Å². The molecule has 0 bridgehead atoms. The molecule has 7 rings (SSSR count). The van der Waals surface area contributed by atoms with Gasteiger partial charge in [0.05, 0.1) is 35.9 Å². The zero-order valence-corrected chi connectivity index (χ0v) is 29.0. The van der Waals surface area contributed by atoms with E-state index in [1.165, 1.54) is 4.90 Å². The first kappa shape index (κ1) is 34.2. The Labute approximate surface area is 300 Å². The van der Waals surface area contributed by atoms with Gasteiger partial charge in [0.15, 0.2) is 0 Å². The molecule has 13 nitrogen and oxygen atoms in total. The third-order valence-corrected chi connectivity index (χ3v) is 9.83. The van der Waals surface area contributed by atoms with Gasteiger partial charge in [-0.1, -0.05) is 78.9 Å². The van der Waals surface area contributed by atoms with E-state index in [0.29, 0.717) is 30.3 Å². The summed E-state index contributed by atoms with van der Waals surface area (Å²) < 4.78 is 0. The standard InChI is InChI=1S/C39H40N8O5/c1-45(2)37(49)38(50)47-21-7-11-32(47)35-41-23-30(43-35)27-18-14-25(15-19-27)24-12-16-26(17-13-24)29-22-40-34(42-29)31-10-6-20-46(31)36(48)33(44-39(51)52)28-8-4-3-5-9-28/h3-5,8-9,12-19,22-23,31-33,44H,6-7,10-11,20-21H2,1-2H3,(H,40,42)(H,41,43)(H,51,52)/t31-,32-,33+/m0/s1. The van der Waals surface area contributed by atoms with Crippen molar-refractivity contribution < 1.29 is 24.3 Å². The van der Waals surface area contributed by atoms with Crippen molar-refractivity contribution in [2.75, 3.05) is 27.2 Å². The van der Waals surface area contributed by atoms with Crippen LogP contribution in [0.2, 0.25) is 0 Å². The van der Waals surface area contributed by atoms with Gasteiger partial charge >= 0.3 is 17.9 Å². The lowest BCUT2D eigenvalue weighted by Gasteiger charge is -2.28. The number of amides is 4. The fourth-order valence-corrected chi connectivity index (χ4v) is 7.14. The molecule has 2 saturated heterocycles. The van der Waals surface area contributed by atoms with Crippen molar-refractivity contribution in [1.29, 1.82) is 0 Å². The lowest BCUT2D eigenvalue weighted by Crippen LogP contribution is -2.42. The molecule has 3 atom stereocenters. The van der Waals surface area contributed by atoms with Crippen LogP contribution in [0.4, 0.5) is 4.79 Å². The summed E-state index contributed by atoms with van der Waals surface area (Å²) in [5, 5.41) is 11.9. The predicted molar refractivity (Wildman–Crippen MR) is 193 cm³/mol. The Morgan fingerprint density at radius 3 is 1.71 bits per heavy atom. The molecule has 0 unspecified atom stereocenters. The molecule has 2 aliphatic rings. The average molecular weight is 701 g/mol. The van der Waals surface area contributed by atoms with Crippen LogP contribution < -0.4 is 5.32 Å². The number of likely N-dealkylation sites (tertiary alicyclic amines) is 2. The number of nitrogens with one attached hydrogen (secondary N) is 3. The van der Waals surface area contributed by atoms with Crippen LogP contribution in [0.15, 0.2) is 91.3 Å². The number of carbonyl (C=O) groups excluding carboxylic acids is 3. The number of nitrogens with zero attached hydrogens (tertiary/aromatic N) is 5. The van der Waals surface area contributed by atoms with Crippen LogP contribution >= 0.6 is 0 Å². The van der Waals surface area contributed by atoms with Gasteiger partial charge in [-0.05, 0) is 53.5 Å². The molecule has 52 heavy (non-hydrogen) atoms. The summed E-state index contributed by atoms with van der Waals surface area (Å²) in [5.74, 6) is -0.00747. The summed E-state index contributed by atoms with van der Waals surface area (Å²) in [7, 11) is 3.15. The van der Waals surface area contributed by atoms with E-state index in [9.17, 15) is 24.3 Å². The molecule has 0 radical (unpaired) electrons. The van der Waals surface area contributed by atoms with Crippen LogP contribution in [0, 0.1) is 0 Å². The van der Waals surface area contributed by atoms with Crippen molar-refractivity contribution in [2.24, 2.45) is 0 Å². The molecule has 4 amide bonds. The average Bonchev–Trinajstić information content (AvgIpc) is 4.00. The molecule has 3 aromatic carbocycles. The van der Waals surface area contributed by atoms with Crippen LogP contribution in [0.3, 0.4) is 0 Å². The highest BCUT2D eigenvalue weighted by atomic mass is 16.4. The fourth-order valence-electron chi connectivity index (χ4n) is 7.14. The van der Waals surface area contributed by atoms with E-state index < -0.39 is 23.9 Å². The minimum Gasteiger partial charge on any atom is -0.465 e. The number of rotatable bonds is 8. The van der Waals surface area contributed by atoms with Crippen molar-refractivity contribution in [3.05, 3.63) is 108 Å². The Morgan fingerprint density at radius 2 is 1.21 bits per heavy atom. The molecule has 2 fully saturated rings. The molecule has 0 aliphatic carbocycles. The van der Waals surface area contributed by atoms with E-state index in [4.69, 9.17) is 0 Å². The van der Waals surface area contributed by atoms with E-state index >= 15 is 0 Å². The molecule has 266 valence electrons. The zero-order valence-electron chi connectivity index (χ0n) is 29.0. The maximum absolute atomic E-state index is 13.7. The molecule has 13 heteroatoms. The molecule has 4 heterocycles. The van der Waals surface area contributed by atoms with Gasteiger partial charge in [-0.2, -0.15) is 0 Å². The zero-order chi connectivity index (χ0) is 36.4. The summed E-state index contributed by atoms with van der Waals surface area (Å²) in [4.78, 5) is 70.9. The number of likely N-dealkylation sites (N-methyl/N-ethyl adjacent to an activating group) is 1. The number of hydrogen-bond acceptors (Lipinski definition) is 6. The van der Waals surface area contributed by atoms with E-state index in [1.807, 2.05) is 54.6 Å². The summed E-state index contributed by atoms with van der Waals surface area (Å²) in [6.45, 7) is 1.04. The highest BCUT2D eigenvalue weighted by Crippen LogP contribution is 2.35. The normalized spacial score (nSPS) is 17.6. The van der Waals surface area contributed by atoms with Gasteiger partial charge in [-0.25, -0.2) is 14.8 Å². The number of benzene rings is 3. The van der Waals surface area contributed by atoms with Gasteiger partial charge in [0.2, 0.25) is 0 Å².